The lowest BCUT2D eigenvalue weighted by molar-refractivity contribution is -0.137. The van der Waals surface area contributed by atoms with Crippen molar-refractivity contribution in [3.8, 4) is 17.2 Å². The number of aromatic nitrogens is 2. The minimum Gasteiger partial charge on any atom is -0.426 e. The Kier molecular flexibility index (Phi) is 4.10. The Balaban J connectivity index is 1.40. The van der Waals surface area contributed by atoms with Crippen molar-refractivity contribution >= 4 is 17.3 Å². The lowest BCUT2D eigenvalue weighted by Crippen LogP contribution is -2.19. The number of benzene rings is 1. The molecule has 2 aromatic heterocycles. The molecule has 0 amide bonds. The van der Waals surface area contributed by atoms with E-state index in [2.05, 4.69) is 16.3 Å². The maximum Gasteiger partial charge on any atom is 0.314 e. The molecule has 1 unspecified atom stereocenters. The number of hydrogen-bond donors (Lipinski definition) is 0. The molecule has 0 aliphatic carbocycles. The van der Waals surface area contributed by atoms with Crippen molar-refractivity contribution < 1.29 is 18.7 Å². The third-order valence-corrected chi connectivity index (χ3v) is 4.86. The van der Waals surface area contributed by atoms with Crippen LogP contribution in [0.3, 0.4) is 0 Å². The highest BCUT2D eigenvalue weighted by Crippen LogP contribution is 2.34. The van der Waals surface area contributed by atoms with Crippen LogP contribution in [-0.4, -0.2) is 22.8 Å². The second-order valence-corrected chi connectivity index (χ2v) is 6.31. The SMILES string of the molecule is O=C(CC1OCCc2ccsc21)Oc1ccc(-c2nnco2)cc1. The molecule has 7 heteroatoms. The van der Waals surface area contributed by atoms with E-state index < -0.39 is 0 Å². The van der Waals surface area contributed by atoms with E-state index in [0.717, 1.165) is 16.9 Å². The van der Waals surface area contributed by atoms with Gasteiger partial charge in [-0.15, -0.1) is 21.5 Å². The highest BCUT2D eigenvalue weighted by molar-refractivity contribution is 7.10. The first-order chi connectivity index (χ1) is 11.8. The van der Waals surface area contributed by atoms with E-state index in [-0.39, 0.29) is 18.5 Å². The average molecular weight is 342 g/mol. The summed E-state index contributed by atoms with van der Waals surface area (Å²) in [4.78, 5) is 13.3. The fourth-order valence-corrected chi connectivity index (χ4v) is 3.67. The van der Waals surface area contributed by atoms with Crippen LogP contribution >= 0.6 is 11.3 Å². The number of carbonyl (C=O) groups is 1. The fraction of sp³-hybridized carbons (Fsp3) is 0.235. The first-order valence-corrected chi connectivity index (χ1v) is 8.43. The topological polar surface area (TPSA) is 74.5 Å². The van der Waals surface area contributed by atoms with Gasteiger partial charge < -0.3 is 13.9 Å². The molecule has 1 aliphatic heterocycles. The van der Waals surface area contributed by atoms with E-state index in [4.69, 9.17) is 13.9 Å². The first-order valence-electron chi connectivity index (χ1n) is 7.55. The maximum absolute atomic E-state index is 12.2. The lowest BCUT2D eigenvalue weighted by Gasteiger charge is -2.22. The lowest BCUT2D eigenvalue weighted by atomic mass is 10.1. The molecule has 0 bridgehead atoms. The number of ether oxygens (including phenoxy) is 2. The largest absolute Gasteiger partial charge is 0.426 e. The monoisotopic (exact) mass is 342 g/mol. The highest BCUT2D eigenvalue weighted by Gasteiger charge is 2.25. The number of rotatable bonds is 4. The molecule has 0 spiro atoms. The smallest absolute Gasteiger partial charge is 0.314 e. The molecule has 24 heavy (non-hydrogen) atoms. The number of esters is 1. The molecular weight excluding hydrogens is 328 g/mol. The molecular formula is C17H14N2O4S. The molecule has 0 N–H and O–H groups in total. The Bertz CT molecular complexity index is 827. The standard InChI is InChI=1S/C17H14N2O4S/c20-15(9-14-16-11(5-7-21-14)6-8-24-16)23-13-3-1-12(2-4-13)17-19-18-10-22-17/h1-4,6,8,10,14H,5,7,9H2. The summed E-state index contributed by atoms with van der Waals surface area (Å²) < 4.78 is 16.2. The van der Waals surface area contributed by atoms with Crippen molar-refractivity contribution in [3.63, 3.8) is 0 Å². The van der Waals surface area contributed by atoms with E-state index in [1.807, 2.05) is 5.38 Å². The van der Waals surface area contributed by atoms with Crippen LogP contribution in [-0.2, 0) is 16.0 Å². The second kappa shape index (κ2) is 6.54. The van der Waals surface area contributed by atoms with Gasteiger partial charge in [-0.25, -0.2) is 0 Å². The molecule has 122 valence electrons. The van der Waals surface area contributed by atoms with Crippen molar-refractivity contribution in [3.05, 3.63) is 52.5 Å². The quantitative estimate of drug-likeness (QED) is 0.534. The Morgan fingerprint density at radius 1 is 1.29 bits per heavy atom. The summed E-state index contributed by atoms with van der Waals surface area (Å²) in [5.41, 5.74) is 2.04. The van der Waals surface area contributed by atoms with Crippen LogP contribution in [0.2, 0.25) is 0 Å². The number of thiophene rings is 1. The van der Waals surface area contributed by atoms with Crippen LogP contribution in [0.4, 0.5) is 0 Å². The van der Waals surface area contributed by atoms with Crippen LogP contribution in [0.15, 0.2) is 46.5 Å². The van der Waals surface area contributed by atoms with Crippen molar-refractivity contribution in [2.24, 2.45) is 0 Å². The zero-order chi connectivity index (χ0) is 16.4. The third-order valence-electron chi connectivity index (χ3n) is 3.81. The molecule has 1 aromatic carbocycles. The fourth-order valence-electron chi connectivity index (χ4n) is 2.66. The predicted molar refractivity (Wildman–Crippen MR) is 86.7 cm³/mol. The summed E-state index contributed by atoms with van der Waals surface area (Å²) in [7, 11) is 0. The number of hydrogen-bond acceptors (Lipinski definition) is 7. The minimum atomic E-state index is -0.313. The van der Waals surface area contributed by atoms with E-state index in [9.17, 15) is 4.79 Å². The van der Waals surface area contributed by atoms with Crippen LogP contribution in [0.5, 0.6) is 5.75 Å². The molecule has 0 radical (unpaired) electrons. The molecule has 0 saturated heterocycles. The Morgan fingerprint density at radius 3 is 2.96 bits per heavy atom. The summed E-state index contributed by atoms with van der Waals surface area (Å²) in [5.74, 6) is 0.589. The summed E-state index contributed by atoms with van der Waals surface area (Å²) in [6.07, 6.45) is 2.17. The molecule has 3 aromatic rings. The molecule has 3 heterocycles. The molecule has 1 atom stereocenters. The van der Waals surface area contributed by atoms with Crippen molar-refractivity contribution in [1.82, 2.24) is 10.2 Å². The van der Waals surface area contributed by atoms with Gasteiger partial charge >= 0.3 is 5.97 Å². The highest BCUT2D eigenvalue weighted by atomic mass is 32.1. The van der Waals surface area contributed by atoms with Crippen molar-refractivity contribution in [1.29, 1.82) is 0 Å². The number of fused-ring (bicyclic) bond motifs is 1. The summed E-state index contributed by atoms with van der Waals surface area (Å²) in [6, 6.07) is 9.04. The van der Waals surface area contributed by atoms with Crippen molar-refractivity contribution in [2.45, 2.75) is 18.9 Å². The predicted octanol–water partition coefficient (Wildman–Crippen LogP) is 3.41. The molecule has 1 aliphatic rings. The summed E-state index contributed by atoms with van der Waals surface area (Å²) in [6.45, 7) is 0.639. The van der Waals surface area contributed by atoms with Gasteiger partial charge in [0.2, 0.25) is 12.3 Å². The molecule has 0 saturated carbocycles. The third kappa shape index (κ3) is 3.08. The van der Waals surface area contributed by atoms with E-state index in [1.54, 1.807) is 35.6 Å². The summed E-state index contributed by atoms with van der Waals surface area (Å²) in [5, 5.41) is 9.50. The number of carbonyl (C=O) groups excluding carboxylic acids is 1. The van der Waals surface area contributed by atoms with Gasteiger partial charge in [-0.1, -0.05) is 0 Å². The van der Waals surface area contributed by atoms with Crippen LogP contribution in [0.1, 0.15) is 23.0 Å². The van der Waals surface area contributed by atoms with E-state index >= 15 is 0 Å². The molecule has 6 nitrogen and oxygen atoms in total. The number of nitrogens with zero attached hydrogens (tertiary/aromatic N) is 2. The Morgan fingerprint density at radius 2 is 2.17 bits per heavy atom. The zero-order valence-electron chi connectivity index (χ0n) is 12.7. The van der Waals surface area contributed by atoms with Crippen LogP contribution < -0.4 is 4.74 Å². The second-order valence-electron chi connectivity index (χ2n) is 5.37. The first kappa shape index (κ1) is 15.0. The van der Waals surface area contributed by atoms with Gasteiger partial charge in [-0.3, -0.25) is 4.79 Å². The van der Waals surface area contributed by atoms with Gasteiger partial charge in [-0.2, -0.15) is 0 Å². The van der Waals surface area contributed by atoms with E-state index in [0.29, 0.717) is 18.2 Å². The average Bonchev–Trinajstić information content (AvgIpc) is 3.27. The summed E-state index contributed by atoms with van der Waals surface area (Å²) >= 11 is 1.63. The normalized spacial score (nSPS) is 16.6. The van der Waals surface area contributed by atoms with Crippen molar-refractivity contribution in [2.75, 3.05) is 6.61 Å². The van der Waals surface area contributed by atoms with Crippen LogP contribution in [0.25, 0.3) is 11.5 Å². The van der Waals surface area contributed by atoms with E-state index in [1.165, 1.54) is 12.0 Å². The van der Waals surface area contributed by atoms with Gasteiger partial charge in [-0.05, 0) is 47.7 Å². The minimum absolute atomic E-state index is 0.207. The van der Waals surface area contributed by atoms with Gasteiger partial charge in [0.25, 0.3) is 0 Å². The Hall–Kier alpha value is -2.51. The van der Waals surface area contributed by atoms with Crippen LogP contribution in [0, 0.1) is 0 Å². The Labute approximate surface area is 142 Å². The van der Waals surface area contributed by atoms with Gasteiger partial charge in [0.15, 0.2) is 0 Å². The van der Waals surface area contributed by atoms with Gasteiger partial charge in [0, 0.05) is 10.4 Å². The zero-order valence-corrected chi connectivity index (χ0v) is 13.5. The molecule has 0 fully saturated rings. The van der Waals surface area contributed by atoms with Gasteiger partial charge in [0.1, 0.15) is 11.9 Å². The molecule has 4 rings (SSSR count). The van der Waals surface area contributed by atoms with Gasteiger partial charge in [0.05, 0.1) is 13.0 Å². The maximum atomic E-state index is 12.2.